The summed E-state index contributed by atoms with van der Waals surface area (Å²) in [6.07, 6.45) is 1.15. The molecule has 0 spiro atoms. The molecule has 0 bridgehead atoms. The molecule has 2 aromatic rings. The van der Waals surface area contributed by atoms with Crippen LogP contribution in [-0.4, -0.2) is 18.8 Å². The Morgan fingerprint density at radius 3 is 2.94 bits per heavy atom. The van der Waals surface area contributed by atoms with Gasteiger partial charge in [0.05, 0.1) is 4.21 Å². The SMILES string of the molecule is c1csc(SCCNCCc2ccsc2)c1. The average molecular weight is 269 g/mol. The second kappa shape index (κ2) is 7.12. The third-order valence-corrected chi connectivity index (χ3v) is 5.05. The third-order valence-electron chi connectivity index (χ3n) is 2.19. The summed E-state index contributed by atoms with van der Waals surface area (Å²) in [6.45, 7) is 2.18. The molecule has 1 N–H and O–H groups in total. The van der Waals surface area contributed by atoms with Crippen molar-refractivity contribution in [1.82, 2.24) is 5.32 Å². The van der Waals surface area contributed by atoms with Crippen molar-refractivity contribution in [3.8, 4) is 0 Å². The highest BCUT2D eigenvalue weighted by Gasteiger charge is 1.95. The van der Waals surface area contributed by atoms with Crippen LogP contribution in [-0.2, 0) is 6.42 Å². The predicted octanol–water partition coefficient (Wildman–Crippen LogP) is 3.73. The standard InChI is InChI=1S/C12H15NS3/c1-2-12(15-7-1)16-9-6-13-5-3-11-4-8-14-10-11/h1-2,4,7-8,10,13H,3,5-6,9H2. The van der Waals surface area contributed by atoms with E-state index >= 15 is 0 Å². The van der Waals surface area contributed by atoms with Gasteiger partial charge in [-0.3, -0.25) is 0 Å². The van der Waals surface area contributed by atoms with Crippen molar-refractivity contribution in [3.05, 3.63) is 39.9 Å². The van der Waals surface area contributed by atoms with Crippen molar-refractivity contribution in [2.24, 2.45) is 0 Å². The van der Waals surface area contributed by atoms with Gasteiger partial charge in [-0.15, -0.1) is 23.1 Å². The Kier molecular flexibility index (Phi) is 5.42. The molecule has 0 radical (unpaired) electrons. The fraction of sp³-hybridized carbons (Fsp3) is 0.333. The van der Waals surface area contributed by atoms with Gasteiger partial charge in [0, 0.05) is 12.3 Å². The van der Waals surface area contributed by atoms with Crippen molar-refractivity contribution < 1.29 is 0 Å². The van der Waals surface area contributed by atoms with Crippen molar-refractivity contribution in [3.63, 3.8) is 0 Å². The minimum atomic E-state index is 1.09. The number of hydrogen-bond donors (Lipinski definition) is 1. The first kappa shape index (κ1) is 12.2. The Balaban J connectivity index is 1.49. The lowest BCUT2D eigenvalue weighted by Gasteiger charge is -2.02. The van der Waals surface area contributed by atoms with E-state index in [1.807, 2.05) is 23.1 Å². The van der Waals surface area contributed by atoms with Crippen LogP contribution in [0.4, 0.5) is 0 Å². The largest absolute Gasteiger partial charge is 0.316 e. The highest BCUT2D eigenvalue weighted by Crippen LogP contribution is 2.22. The maximum Gasteiger partial charge on any atom is 0.0598 e. The van der Waals surface area contributed by atoms with Gasteiger partial charge in [-0.2, -0.15) is 11.3 Å². The smallest absolute Gasteiger partial charge is 0.0598 e. The van der Waals surface area contributed by atoms with E-state index in [9.17, 15) is 0 Å². The highest BCUT2D eigenvalue weighted by molar-refractivity contribution is 8.01. The first-order valence-electron chi connectivity index (χ1n) is 5.33. The molecule has 86 valence electrons. The minimum absolute atomic E-state index is 1.09. The van der Waals surface area contributed by atoms with Crippen molar-refractivity contribution in [2.75, 3.05) is 18.8 Å². The molecule has 0 aromatic carbocycles. The van der Waals surface area contributed by atoms with Crippen LogP contribution in [0.15, 0.2) is 38.5 Å². The molecule has 0 aliphatic rings. The van der Waals surface area contributed by atoms with E-state index in [1.165, 1.54) is 9.77 Å². The molecule has 0 amide bonds. The van der Waals surface area contributed by atoms with E-state index < -0.39 is 0 Å². The maximum atomic E-state index is 3.47. The normalized spacial score (nSPS) is 10.8. The van der Waals surface area contributed by atoms with Gasteiger partial charge in [-0.25, -0.2) is 0 Å². The topological polar surface area (TPSA) is 12.0 Å². The minimum Gasteiger partial charge on any atom is -0.316 e. The Morgan fingerprint density at radius 2 is 2.19 bits per heavy atom. The number of thiophene rings is 2. The molecule has 0 unspecified atom stereocenters. The summed E-state index contributed by atoms with van der Waals surface area (Å²) in [5.41, 5.74) is 1.45. The Morgan fingerprint density at radius 1 is 1.19 bits per heavy atom. The van der Waals surface area contributed by atoms with Crippen LogP contribution in [0, 0.1) is 0 Å². The summed E-state index contributed by atoms with van der Waals surface area (Å²) in [5, 5.41) is 9.97. The van der Waals surface area contributed by atoms with E-state index in [-0.39, 0.29) is 0 Å². The molecule has 2 rings (SSSR count). The number of nitrogens with one attached hydrogen (secondary N) is 1. The maximum absolute atomic E-state index is 3.47. The van der Waals surface area contributed by atoms with Gasteiger partial charge in [0.25, 0.3) is 0 Å². The molecule has 0 saturated carbocycles. The lowest BCUT2D eigenvalue weighted by molar-refractivity contribution is 0.722. The summed E-state index contributed by atoms with van der Waals surface area (Å²) < 4.78 is 1.42. The second-order valence-corrected chi connectivity index (χ2v) is 6.54. The molecule has 2 heterocycles. The molecule has 16 heavy (non-hydrogen) atoms. The van der Waals surface area contributed by atoms with E-state index in [0.29, 0.717) is 0 Å². The highest BCUT2D eigenvalue weighted by atomic mass is 32.2. The van der Waals surface area contributed by atoms with Crippen LogP contribution in [0.2, 0.25) is 0 Å². The van der Waals surface area contributed by atoms with Crippen LogP contribution in [0.25, 0.3) is 0 Å². The fourth-order valence-corrected chi connectivity index (χ4v) is 3.82. The Labute approximate surface area is 109 Å². The molecular formula is C12H15NS3. The van der Waals surface area contributed by atoms with Gasteiger partial charge >= 0.3 is 0 Å². The Hall–Kier alpha value is -0.290. The molecule has 0 atom stereocenters. The zero-order valence-corrected chi connectivity index (χ0v) is 11.5. The van der Waals surface area contributed by atoms with E-state index in [1.54, 1.807) is 11.3 Å². The molecule has 0 aliphatic heterocycles. The summed E-state index contributed by atoms with van der Waals surface area (Å²) in [6, 6.07) is 6.49. The molecule has 1 nitrogen and oxygen atoms in total. The van der Waals surface area contributed by atoms with Crippen LogP contribution in [0.3, 0.4) is 0 Å². The number of thioether (sulfide) groups is 1. The summed E-state index contributed by atoms with van der Waals surface area (Å²) >= 11 is 5.53. The average Bonchev–Trinajstić information content (AvgIpc) is 2.96. The van der Waals surface area contributed by atoms with Gasteiger partial charge in [0.1, 0.15) is 0 Å². The lowest BCUT2D eigenvalue weighted by atomic mass is 10.2. The molecule has 4 heteroatoms. The van der Waals surface area contributed by atoms with Gasteiger partial charge in [0.15, 0.2) is 0 Å². The van der Waals surface area contributed by atoms with Crippen molar-refractivity contribution >= 4 is 34.4 Å². The molecule has 0 aliphatic carbocycles. The monoisotopic (exact) mass is 269 g/mol. The Bertz CT molecular complexity index is 329. The molecular weight excluding hydrogens is 254 g/mol. The van der Waals surface area contributed by atoms with Crippen LogP contribution in [0.5, 0.6) is 0 Å². The van der Waals surface area contributed by atoms with Crippen molar-refractivity contribution in [2.45, 2.75) is 10.6 Å². The number of hydrogen-bond acceptors (Lipinski definition) is 4. The zero-order chi connectivity index (χ0) is 11.1. The lowest BCUT2D eigenvalue weighted by Crippen LogP contribution is -2.19. The first-order chi connectivity index (χ1) is 7.95. The van der Waals surface area contributed by atoms with E-state index in [0.717, 1.165) is 25.3 Å². The summed E-state index contributed by atoms with van der Waals surface area (Å²) in [4.78, 5) is 0. The van der Waals surface area contributed by atoms with Gasteiger partial charge < -0.3 is 5.32 Å². The molecule has 0 fully saturated rings. The van der Waals surface area contributed by atoms with Crippen molar-refractivity contribution in [1.29, 1.82) is 0 Å². The predicted molar refractivity (Wildman–Crippen MR) is 75.9 cm³/mol. The molecule has 2 aromatic heterocycles. The number of rotatable bonds is 7. The van der Waals surface area contributed by atoms with E-state index in [4.69, 9.17) is 0 Å². The quantitative estimate of drug-likeness (QED) is 0.607. The summed E-state index contributed by atoms with van der Waals surface area (Å²) in [7, 11) is 0. The van der Waals surface area contributed by atoms with Gasteiger partial charge in [-0.1, -0.05) is 6.07 Å². The fourth-order valence-electron chi connectivity index (χ4n) is 1.36. The van der Waals surface area contributed by atoms with E-state index in [2.05, 4.69) is 39.7 Å². The van der Waals surface area contributed by atoms with Crippen LogP contribution in [0.1, 0.15) is 5.56 Å². The van der Waals surface area contributed by atoms with Crippen LogP contribution < -0.4 is 5.32 Å². The molecule has 0 saturated heterocycles. The van der Waals surface area contributed by atoms with Crippen LogP contribution >= 0.6 is 34.4 Å². The first-order valence-corrected chi connectivity index (χ1v) is 8.14. The van der Waals surface area contributed by atoms with Gasteiger partial charge in [0.2, 0.25) is 0 Å². The second-order valence-electron chi connectivity index (χ2n) is 3.41. The third kappa shape index (κ3) is 4.29. The zero-order valence-electron chi connectivity index (χ0n) is 9.02. The summed E-state index contributed by atoms with van der Waals surface area (Å²) in [5.74, 6) is 1.16. The van der Waals surface area contributed by atoms with Gasteiger partial charge in [-0.05, 0) is 46.8 Å².